The van der Waals surface area contributed by atoms with Crippen LogP contribution >= 0.6 is 11.6 Å². The Morgan fingerprint density at radius 2 is 1.74 bits per heavy atom. The number of nitrogens with zero attached hydrogens (tertiary/aromatic N) is 1. The number of benzene rings is 1. The molecule has 1 heterocycles. The molecule has 0 aliphatic rings. The summed E-state index contributed by atoms with van der Waals surface area (Å²) in [6, 6.07) is 14.7. The molecule has 0 aliphatic heterocycles. The van der Waals surface area contributed by atoms with E-state index in [1.54, 1.807) is 0 Å². The van der Waals surface area contributed by atoms with Crippen LogP contribution in [0.2, 0.25) is 0 Å². The third-order valence-corrected chi connectivity index (χ3v) is 3.34. The normalized spacial score (nSPS) is 12.2. The second kappa shape index (κ2) is 6.58. The summed E-state index contributed by atoms with van der Waals surface area (Å²) >= 11 is 6.07. The van der Waals surface area contributed by atoms with Crippen molar-refractivity contribution in [3.63, 3.8) is 0 Å². The van der Waals surface area contributed by atoms with Crippen LogP contribution in [0.4, 0.5) is 5.69 Å². The lowest BCUT2D eigenvalue weighted by molar-refractivity contribution is 0.796. The fraction of sp³-hybridized carbons (Fsp3) is 0.312. The Morgan fingerprint density at radius 3 is 2.32 bits per heavy atom. The summed E-state index contributed by atoms with van der Waals surface area (Å²) < 4.78 is 0. The summed E-state index contributed by atoms with van der Waals surface area (Å²) in [7, 11) is 0. The van der Waals surface area contributed by atoms with Gasteiger partial charge in [-0.05, 0) is 38.0 Å². The van der Waals surface area contributed by atoms with E-state index in [4.69, 9.17) is 11.6 Å². The molecule has 0 amide bonds. The zero-order chi connectivity index (χ0) is 13.7. The van der Waals surface area contributed by atoms with Crippen molar-refractivity contribution in [2.24, 2.45) is 0 Å². The monoisotopic (exact) mass is 274 g/mol. The van der Waals surface area contributed by atoms with E-state index < -0.39 is 0 Å². The second-order valence-corrected chi connectivity index (χ2v) is 5.13. The zero-order valence-corrected chi connectivity index (χ0v) is 12.1. The SMILES string of the molecule is Cc1cc(NC(CCl)Cc2ccccc2)cc(C)n1. The first-order chi connectivity index (χ1) is 9.17. The van der Waals surface area contributed by atoms with E-state index in [-0.39, 0.29) is 6.04 Å². The minimum absolute atomic E-state index is 0.227. The predicted octanol–water partition coefficient (Wildman–Crippen LogP) is 3.96. The van der Waals surface area contributed by atoms with Crippen LogP contribution in [-0.4, -0.2) is 16.9 Å². The quantitative estimate of drug-likeness (QED) is 0.835. The van der Waals surface area contributed by atoms with Gasteiger partial charge in [0.05, 0.1) is 0 Å². The van der Waals surface area contributed by atoms with Crippen LogP contribution in [0, 0.1) is 13.8 Å². The van der Waals surface area contributed by atoms with Crippen molar-refractivity contribution in [1.82, 2.24) is 4.98 Å². The molecule has 0 radical (unpaired) electrons. The highest BCUT2D eigenvalue weighted by atomic mass is 35.5. The van der Waals surface area contributed by atoms with Crippen molar-refractivity contribution in [2.75, 3.05) is 11.2 Å². The summed E-state index contributed by atoms with van der Waals surface area (Å²) in [5, 5.41) is 3.49. The summed E-state index contributed by atoms with van der Waals surface area (Å²) in [4.78, 5) is 4.38. The van der Waals surface area contributed by atoms with E-state index in [1.807, 2.05) is 19.9 Å². The molecule has 0 saturated heterocycles. The van der Waals surface area contributed by atoms with Gasteiger partial charge in [-0.1, -0.05) is 30.3 Å². The molecule has 19 heavy (non-hydrogen) atoms. The van der Waals surface area contributed by atoms with Gasteiger partial charge in [0.2, 0.25) is 0 Å². The van der Waals surface area contributed by atoms with Crippen molar-refractivity contribution in [3.05, 3.63) is 59.4 Å². The molecule has 2 rings (SSSR count). The Bertz CT molecular complexity index is 505. The molecule has 3 heteroatoms. The molecular formula is C16H19ClN2. The maximum Gasteiger partial charge on any atom is 0.0437 e. The molecule has 1 atom stereocenters. The van der Waals surface area contributed by atoms with E-state index in [9.17, 15) is 0 Å². The van der Waals surface area contributed by atoms with Gasteiger partial charge in [-0.3, -0.25) is 4.98 Å². The molecule has 0 saturated carbocycles. The van der Waals surface area contributed by atoms with Gasteiger partial charge in [0.15, 0.2) is 0 Å². The molecule has 2 nitrogen and oxygen atoms in total. The summed E-state index contributed by atoms with van der Waals surface area (Å²) in [5.41, 5.74) is 4.43. The number of hydrogen-bond acceptors (Lipinski definition) is 2. The highest BCUT2D eigenvalue weighted by molar-refractivity contribution is 6.18. The lowest BCUT2D eigenvalue weighted by Crippen LogP contribution is -2.24. The number of anilines is 1. The minimum Gasteiger partial charge on any atom is -0.381 e. The number of aryl methyl sites for hydroxylation is 2. The standard InChI is InChI=1S/C16H19ClN2/c1-12-8-15(9-13(2)18-12)19-16(11-17)10-14-6-4-3-5-7-14/h3-9,16H,10-11H2,1-2H3,(H,18,19). The van der Waals surface area contributed by atoms with Gasteiger partial charge in [0, 0.05) is 29.0 Å². The van der Waals surface area contributed by atoms with Crippen molar-refractivity contribution < 1.29 is 0 Å². The number of aromatic nitrogens is 1. The Morgan fingerprint density at radius 1 is 1.11 bits per heavy atom. The van der Waals surface area contributed by atoms with Crippen molar-refractivity contribution in [3.8, 4) is 0 Å². The Kier molecular flexibility index (Phi) is 4.80. The van der Waals surface area contributed by atoms with Gasteiger partial charge < -0.3 is 5.32 Å². The number of nitrogens with one attached hydrogen (secondary N) is 1. The number of rotatable bonds is 5. The third-order valence-electron chi connectivity index (χ3n) is 2.96. The van der Waals surface area contributed by atoms with Crippen molar-refractivity contribution in [1.29, 1.82) is 0 Å². The smallest absolute Gasteiger partial charge is 0.0437 e. The first-order valence-electron chi connectivity index (χ1n) is 6.49. The number of pyridine rings is 1. The molecule has 1 aromatic carbocycles. The van der Waals surface area contributed by atoms with Crippen LogP contribution in [0.3, 0.4) is 0 Å². The van der Waals surface area contributed by atoms with Gasteiger partial charge in [0.1, 0.15) is 0 Å². The lowest BCUT2D eigenvalue weighted by Gasteiger charge is -2.18. The molecule has 0 bridgehead atoms. The zero-order valence-electron chi connectivity index (χ0n) is 11.4. The highest BCUT2D eigenvalue weighted by Crippen LogP contribution is 2.14. The van der Waals surface area contributed by atoms with Crippen molar-refractivity contribution in [2.45, 2.75) is 26.3 Å². The molecular weight excluding hydrogens is 256 g/mol. The molecule has 0 spiro atoms. The van der Waals surface area contributed by atoms with E-state index in [2.05, 4.69) is 46.7 Å². The predicted molar refractivity (Wildman–Crippen MR) is 82.0 cm³/mol. The average molecular weight is 275 g/mol. The number of halogens is 1. The molecule has 0 aliphatic carbocycles. The van der Waals surface area contributed by atoms with Crippen LogP contribution in [0.25, 0.3) is 0 Å². The highest BCUT2D eigenvalue weighted by Gasteiger charge is 2.09. The number of hydrogen-bond donors (Lipinski definition) is 1. The van der Waals surface area contributed by atoms with Crippen LogP contribution < -0.4 is 5.32 Å². The lowest BCUT2D eigenvalue weighted by atomic mass is 10.1. The first kappa shape index (κ1) is 13.9. The maximum absolute atomic E-state index is 6.07. The van der Waals surface area contributed by atoms with Crippen LogP contribution in [-0.2, 0) is 6.42 Å². The Labute approximate surface area is 119 Å². The van der Waals surface area contributed by atoms with Crippen LogP contribution in [0.15, 0.2) is 42.5 Å². The first-order valence-corrected chi connectivity index (χ1v) is 7.02. The second-order valence-electron chi connectivity index (χ2n) is 4.82. The third kappa shape index (κ3) is 4.25. The van der Waals surface area contributed by atoms with Crippen LogP contribution in [0.5, 0.6) is 0 Å². The molecule has 2 aromatic rings. The molecule has 1 N–H and O–H groups in total. The van der Waals surface area contributed by atoms with Gasteiger partial charge >= 0.3 is 0 Å². The van der Waals surface area contributed by atoms with E-state index in [1.165, 1.54) is 5.56 Å². The molecule has 100 valence electrons. The van der Waals surface area contributed by atoms with Crippen LogP contribution in [0.1, 0.15) is 17.0 Å². The number of alkyl halides is 1. The molecule has 1 unspecified atom stereocenters. The van der Waals surface area contributed by atoms with E-state index >= 15 is 0 Å². The molecule has 1 aromatic heterocycles. The minimum atomic E-state index is 0.227. The van der Waals surface area contributed by atoms with Gasteiger partial charge in [0.25, 0.3) is 0 Å². The van der Waals surface area contributed by atoms with E-state index in [0.29, 0.717) is 5.88 Å². The summed E-state index contributed by atoms with van der Waals surface area (Å²) in [5.74, 6) is 0.579. The fourth-order valence-electron chi connectivity index (χ4n) is 2.20. The summed E-state index contributed by atoms with van der Waals surface area (Å²) in [6.45, 7) is 4.01. The molecule has 0 fully saturated rings. The van der Waals surface area contributed by atoms with E-state index in [0.717, 1.165) is 23.5 Å². The topological polar surface area (TPSA) is 24.9 Å². The Balaban J connectivity index is 2.06. The maximum atomic E-state index is 6.07. The van der Waals surface area contributed by atoms with Gasteiger partial charge in [-0.2, -0.15) is 0 Å². The summed E-state index contributed by atoms with van der Waals surface area (Å²) in [6.07, 6.45) is 0.921. The fourth-order valence-corrected chi connectivity index (χ4v) is 2.38. The Hall–Kier alpha value is -1.54. The van der Waals surface area contributed by atoms with Crippen molar-refractivity contribution >= 4 is 17.3 Å². The average Bonchev–Trinajstić information content (AvgIpc) is 2.38. The van der Waals surface area contributed by atoms with Gasteiger partial charge in [-0.25, -0.2) is 0 Å². The largest absolute Gasteiger partial charge is 0.381 e. The van der Waals surface area contributed by atoms with Gasteiger partial charge in [-0.15, -0.1) is 11.6 Å².